The van der Waals surface area contributed by atoms with Crippen LogP contribution in [0.1, 0.15) is 33.3 Å². The third kappa shape index (κ3) is 6.45. The first kappa shape index (κ1) is 24.0. The van der Waals surface area contributed by atoms with Crippen LogP contribution in [0.4, 0.5) is 5.69 Å². The quantitative estimate of drug-likeness (QED) is 0.296. The molecule has 0 aliphatic rings. The van der Waals surface area contributed by atoms with Crippen molar-refractivity contribution in [3.63, 3.8) is 0 Å². The van der Waals surface area contributed by atoms with Gasteiger partial charge in [-0.2, -0.15) is 0 Å². The van der Waals surface area contributed by atoms with Crippen LogP contribution in [0.3, 0.4) is 0 Å². The van der Waals surface area contributed by atoms with Gasteiger partial charge in [0.05, 0.1) is 4.88 Å². The Morgan fingerprint density at radius 1 is 0.943 bits per heavy atom. The zero-order valence-electron chi connectivity index (χ0n) is 19.1. The van der Waals surface area contributed by atoms with E-state index in [1.54, 1.807) is 24.3 Å². The molecule has 0 saturated heterocycles. The van der Waals surface area contributed by atoms with Crippen molar-refractivity contribution in [2.24, 2.45) is 0 Å². The van der Waals surface area contributed by atoms with Gasteiger partial charge in [0.2, 0.25) is 11.8 Å². The van der Waals surface area contributed by atoms with Crippen LogP contribution in [0, 0.1) is 0 Å². The second-order valence-electron chi connectivity index (χ2n) is 8.12. The van der Waals surface area contributed by atoms with E-state index in [9.17, 15) is 19.5 Å². The van der Waals surface area contributed by atoms with Gasteiger partial charge >= 0.3 is 4.87 Å². The van der Waals surface area contributed by atoms with Gasteiger partial charge in [0, 0.05) is 31.1 Å². The number of hydrogen-bond donors (Lipinski definition) is 4. The van der Waals surface area contributed by atoms with Crippen LogP contribution in [0.15, 0.2) is 77.6 Å². The fourth-order valence-electron chi connectivity index (χ4n) is 3.71. The molecule has 0 saturated carbocycles. The van der Waals surface area contributed by atoms with Gasteiger partial charge < -0.3 is 15.7 Å². The molecule has 0 radical (unpaired) electrons. The van der Waals surface area contributed by atoms with E-state index in [0.717, 1.165) is 33.6 Å². The minimum Gasteiger partial charge on any atom is -0.494 e. The molecule has 0 bridgehead atoms. The van der Waals surface area contributed by atoms with Gasteiger partial charge in [-0.25, -0.2) is 0 Å². The molecule has 178 valence electrons. The van der Waals surface area contributed by atoms with Crippen LogP contribution in [-0.4, -0.2) is 28.4 Å². The van der Waals surface area contributed by atoms with Crippen molar-refractivity contribution < 1.29 is 14.7 Å². The van der Waals surface area contributed by atoms with Crippen LogP contribution in [0.2, 0.25) is 0 Å². The van der Waals surface area contributed by atoms with Gasteiger partial charge in [-0.15, -0.1) is 0 Å². The van der Waals surface area contributed by atoms with E-state index in [4.69, 9.17) is 0 Å². The van der Waals surface area contributed by atoms with Gasteiger partial charge in [-0.1, -0.05) is 59.9 Å². The number of rotatable bonds is 8. The first-order valence-corrected chi connectivity index (χ1v) is 11.9. The number of thiazole rings is 1. The smallest absolute Gasteiger partial charge is 0.307 e. The van der Waals surface area contributed by atoms with E-state index < -0.39 is 0 Å². The number of carbonyl (C=O) groups is 2. The number of amides is 2. The molecule has 1 heterocycles. The highest BCUT2D eigenvalue weighted by Gasteiger charge is 2.09. The Morgan fingerprint density at radius 2 is 1.69 bits per heavy atom. The summed E-state index contributed by atoms with van der Waals surface area (Å²) in [5.74, 6) is -0.382. The lowest BCUT2D eigenvalue weighted by molar-refractivity contribution is -0.114. The summed E-state index contributed by atoms with van der Waals surface area (Å²) in [5, 5.41) is 15.4. The van der Waals surface area contributed by atoms with E-state index >= 15 is 0 Å². The minimum atomic E-state index is -0.262. The lowest BCUT2D eigenvalue weighted by atomic mass is 10.00. The van der Waals surface area contributed by atoms with E-state index in [-0.39, 0.29) is 22.6 Å². The summed E-state index contributed by atoms with van der Waals surface area (Å²) in [6, 6.07) is 23.0. The van der Waals surface area contributed by atoms with Gasteiger partial charge in [0.1, 0.15) is 0 Å². The second kappa shape index (κ2) is 10.8. The van der Waals surface area contributed by atoms with Crippen LogP contribution in [0.25, 0.3) is 11.1 Å². The normalized spacial score (nSPS) is 10.7. The standard InChI is InChI=1S/C27H25N3O4S/c1-17(31)29-23-11-9-21(10-12-23)25(32)28-14-13-18-3-2-4-22(15-18)20-7-5-19(6-8-20)16-24-26(33)30-27(34)35-24/h2-12,15,33H,13-14,16H2,1H3,(H,28,32)(H,29,31)(H,30,34). The van der Waals surface area contributed by atoms with Crippen molar-refractivity contribution >= 4 is 28.8 Å². The predicted octanol–water partition coefficient (Wildman–Crippen LogP) is 4.33. The summed E-state index contributed by atoms with van der Waals surface area (Å²) in [6.07, 6.45) is 1.18. The highest BCUT2D eigenvalue weighted by atomic mass is 32.1. The molecule has 0 aliphatic carbocycles. The molecule has 0 aliphatic heterocycles. The van der Waals surface area contributed by atoms with E-state index in [1.165, 1.54) is 6.92 Å². The number of carbonyl (C=O) groups excluding carboxylic acids is 2. The maximum absolute atomic E-state index is 12.4. The van der Waals surface area contributed by atoms with Gasteiger partial charge in [0.25, 0.3) is 5.91 Å². The Labute approximate surface area is 206 Å². The fourth-order valence-corrected chi connectivity index (χ4v) is 4.47. The molecule has 7 nitrogen and oxygen atoms in total. The van der Waals surface area contributed by atoms with Crippen molar-refractivity contribution in [3.8, 4) is 17.0 Å². The molecule has 2 amide bonds. The van der Waals surface area contributed by atoms with E-state index in [0.29, 0.717) is 35.5 Å². The van der Waals surface area contributed by atoms with E-state index in [1.807, 2.05) is 42.5 Å². The van der Waals surface area contributed by atoms with Crippen molar-refractivity contribution in [2.45, 2.75) is 19.8 Å². The lowest BCUT2D eigenvalue weighted by Crippen LogP contribution is -2.25. The molecular formula is C27H25N3O4S. The predicted molar refractivity (Wildman–Crippen MR) is 138 cm³/mol. The van der Waals surface area contributed by atoms with Crippen molar-refractivity contribution in [1.82, 2.24) is 10.3 Å². The van der Waals surface area contributed by atoms with Gasteiger partial charge in [-0.05, 0) is 52.9 Å². The van der Waals surface area contributed by atoms with E-state index in [2.05, 4.69) is 21.7 Å². The largest absolute Gasteiger partial charge is 0.494 e. The van der Waals surface area contributed by atoms with Gasteiger partial charge in [0.15, 0.2) is 0 Å². The summed E-state index contributed by atoms with van der Waals surface area (Å²) >= 11 is 1.02. The molecule has 4 rings (SSSR count). The van der Waals surface area contributed by atoms with Gasteiger partial charge in [-0.3, -0.25) is 19.4 Å². The Balaban J connectivity index is 1.33. The van der Waals surface area contributed by atoms with Crippen molar-refractivity contribution in [3.05, 3.63) is 104 Å². The number of benzene rings is 3. The Morgan fingerprint density at radius 3 is 2.34 bits per heavy atom. The topological polar surface area (TPSA) is 111 Å². The molecule has 3 aromatic carbocycles. The third-order valence-corrected chi connectivity index (χ3v) is 6.32. The van der Waals surface area contributed by atoms with Crippen LogP contribution >= 0.6 is 11.3 Å². The second-order valence-corrected chi connectivity index (χ2v) is 9.19. The van der Waals surface area contributed by atoms with Crippen LogP contribution in [-0.2, 0) is 17.6 Å². The Bertz CT molecular complexity index is 1390. The molecular weight excluding hydrogens is 462 g/mol. The molecule has 4 aromatic rings. The number of aromatic amines is 1. The summed E-state index contributed by atoms with van der Waals surface area (Å²) in [7, 11) is 0. The molecule has 0 unspecified atom stereocenters. The molecule has 8 heteroatoms. The molecule has 1 aromatic heterocycles. The zero-order valence-corrected chi connectivity index (χ0v) is 19.9. The molecule has 0 atom stereocenters. The average molecular weight is 488 g/mol. The lowest BCUT2D eigenvalue weighted by Gasteiger charge is -2.09. The first-order chi connectivity index (χ1) is 16.9. The Kier molecular flexibility index (Phi) is 7.42. The maximum atomic E-state index is 12.4. The van der Waals surface area contributed by atoms with Crippen molar-refractivity contribution in [1.29, 1.82) is 0 Å². The monoisotopic (exact) mass is 487 g/mol. The molecule has 35 heavy (non-hydrogen) atoms. The maximum Gasteiger partial charge on any atom is 0.307 e. The first-order valence-electron chi connectivity index (χ1n) is 11.1. The number of aromatic hydroxyl groups is 1. The zero-order chi connectivity index (χ0) is 24.8. The van der Waals surface area contributed by atoms with Crippen LogP contribution in [0.5, 0.6) is 5.88 Å². The summed E-state index contributed by atoms with van der Waals surface area (Å²) in [4.78, 5) is 37.6. The highest BCUT2D eigenvalue weighted by Crippen LogP contribution is 2.24. The Hall–Kier alpha value is -4.17. The van der Waals surface area contributed by atoms with Crippen LogP contribution < -0.4 is 15.5 Å². The number of hydrogen-bond acceptors (Lipinski definition) is 5. The number of aromatic nitrogens is 1. The third-order valence-electron chi connectivity index (χ3n) is 5.45. The number of anilines is 1. The van der Waals surface area contributed by atoms with Crippen molar-refractivity contribution in [2.75, 3.05) is 11.9 Å². The summed E-state index contributed by atoms with van der Waals surface area (Å²) in [5.41, 5.74) is 5.43. The number of nitrogens with one attached hydrogen (secondary N) is 3. The summed E-state index contributed by atoms with van der Waals surface area (Å²) in [6.45, 7) is 1.94. The molecule has 0 fully saturated rings. The summed E-state index contributed by atoms with van der Waals surface area (Å²) < 4.78 is 0. The number of H-pyrrole nitrogens is 1. The fraction of sp³-hybridized carbons (Fsp3) is 0.148. The highest BCUT2D eigenvalue weighted by molar-refractivity contribution is 7.09. The molecule has 4 N–H and O–H groups in total. The average Bonchev–Trinajstić information content (AvgIpc) is 3.16. The SMILES string of the molecule is CC(=O)Nc1ccc(C(=O)NCCc2cccc(-c3ccc(Cc4sc(=O)[nH]c4O)cc3)c2)cc1. The minimum absolute atomic E-state index is 0.0640. The molecule has 0 spiro atoms.